The van der Waals surface area contributed by atoms with Gasteiger partial charge in [-0.25, -0.2) is 9.79 Å². The van der Waals surface area contributed by atoms with Gasteiger partial charge in [0.15, 0.2) is 0 Å². The summed E-state index contributed by atoms with van der Waals surface area (Å²) in [6.45, 7) is 2.74. The Morgan fingerprint density at radius 2 is 2.27 bits per heavy atom. The zero-order valence-electron chi connectivity index (χ0n) is 8.82. The van der Waals surface area contributed by atoms with E-state index in [1.807, 2.05) is 13.0 Å². The van der Waals surface area contributed by atoms with Crippen molar-refractivity contribution in [2.45, 2.75) is 13.5 Å². The van der Waals surface area contributed by atoms with Crippen molar-refractivity contribution in [1.82, 2.24) is 0 Å². The second kappa shape index (κ2) is 5.83. The van der Waals surface area contributed by atoms with Gasteiger partial charge in [-0.15, -0.1) is 0 Å². The summed E-state index contributed by atoms with van der Waals surface area (Å²) in [6.07, 6.45) is 1.50. The summed E-state index contributed by atoms with van der Waals surface area (Å²) in [7, 11) is 1.59. The van der Waals surface area contributed by atoms with Crippen LogP contribution in [0, 0.1) is 0 Å². The summed E-state index contributed by atoms with van der Waals surface area (Å²) < 4.78 is 10.5. The van der Waals surface area contributed by atoms with Crippen molar-refractivity contribution in [2.24, 2.45) is 4.99 Å². The Labute approximate surface area is 88.5 Å². The van der Waals surface area contributed by atoms with Crippen LogP contribution >= 0.6 is 0 Å². The van der Waals surface area contributed by atoms with Gasteiger partial charge in [0, 0.05) is 11.6 Å². The number of isocyanates is 1. The summed E-state index contributed by atoms with van der Waals surface area (Å²) >= 11 is 0. The molecule has 0 N–H and O–H groups in total. The first kappa shape index (κ1) is 11.3. The fraction of sp³-hybridized carbons (Fsp3) is 0.364. The molecule has 0 aliphatic heterocycles. The molecule has 0 atom stereocenters. The van der Waals surface area contributed by atoms with E-state index in [2.05, 4.69) is 4.99 Å². The molecule has 0 amide bonds. The van der Waals surface area contributed by atoms with Crippen LogP contribution in [-0.4, -0.2) is 19.8 Å². The maximum absolute atomic E-state index is 10.0. The number of carbonyl (C=O) groups excluding carboxylic acids is 1. The Morgan fingerprint density at radius 3 is 2.87 bits per heavy atom. The number of nitrogens with zero attached hydrogens (tertiary/aromatic N) is 1. The monoisotopic (exact) mass is 207 g/mol. The molecule has 0 saturated heterocycles. The van der Waals surface area contributed by atoms with Crippen molar-refractivity contribution >= 4 is 6.08 Å². The highest BCUT2D eigenvalue weighted by Crippen LogP contribution is 2.25. The van der Waals surface area contributed by atoms with Gasteiger partial charge in [-0.1, -0.05) is 0 Å². The summed E-state index contributed by atoms with van der Waals surface area (Å²) in [5.74, 6) is 1.41. The third kappa shape index (κ3) is 3.11. The minimum Gasteiger partial charge on any atom is -0.497 e. The van der Waals surface area contributed by atoms with Crippen molar-refractivity contribution in [3.05, 3.63) is 23.8 Å². The van der Waals surface area contributed by atoms with Gasteiger partial charge in [-0.3, -0.25) is 0 Å². The van der Waals surface area contributed by atoms with Crippen molar-refractivity contribution in [1.29, 1.82) is 0 Å². The van der Waals surface area contributed by atoms with Gasteiger partial charge in [0.25, 0.3) is 0 Å². The third-order valence-electron chi connectivity index (χ3n) is 1.89. The molecule has 0 aliphatic carbocycles. The smallest absolute Gasteiger partial charge is 0.235 e. The zero-order valence-corrected chi connectivity index (χ0v) is 8.82. The lowest BCUT2D eigenvalue weighted by Gasteiger charge is -2.09. The molecule has 0 bridgehead atoms. The van der Waals surface area contributed by atoms with Crippen LogP contribution in [0.1, 0.15) is 12.5 Å². The van der Waals surface area contributed by atoms with E-state index in [-0.39, 0.29) is 6.54 Å². The quantitative estimate of drug-likeness (QED) is 0.547. The number of benzene rings is 1. The van der Waals surface area contributed by atoms with Crippen LogP contribution < -0.4 is 9.47 Å². The van der Waals surface area contributed by atoms with Crippen molar-refractivity contribution < 1.29 is 14.3 Å². The van der Waals surface area contributed by atoms with Gasteiger partial charge >= 0.3 is 0 Å². The van der Waals surface area contributed by atoms with Gasteiger partial charge in [-0.05, 0) is 19.1 Å². The van der Waals surface area contributed by atoms with Crippen LogP contribution in [0.2, 0.25) is 0 Å². The van der Waals surface area contributed by atoms with E-state index in [1.165, 1.54) is 6.08 Å². The lowest BCUT2D eigenvalue weighted by atomic mass is 10.2. The van der Waals surface area contributed by atoms with Gasteiger partial charge in [0.1, 0.15) is 11.5 Å². The molecule has 15 heavy (non-hydrogen) atoms. The normalized spacial score (nSPS) is 9.20. The SMILES string of the molecule is CCOc1cc(OC)ccc1CN=C=O. The van der Waals surface area contributed by atoms with Crippen molar-refractivity contribution in [3.8, 4) is 11.5 Å². The second-order valence-electron chi connectivity index (χ2n) is 2.81. The highest BCUT2D eigenvalue weighted by Gasteiger charge is 2.04. The van der Waals surface area contributed by atoms with Crippen LogP contribution in [0.5, 0.6) is 11.5 Å². The molecule has 0 unspecified atom stereocenters. The number of aliphatic imine (C=N–C) groups is 1. The summed E-state index contributed by atoms with van der Waals surface area (Å²) in [6, 6.07) is 5.40. The first-order valence-corrected chi connectivity index (χ1v) is 4.65. The second-order valence-corrected chi connectivity index (χ2v) is 2.81. The predicted molar refractivity (Wildman–Crippen MR) is 56.0 cm³/mol. The zero-order chi connectivity index (χ0) is 11.1. The molecule has 0 aromatic heterocycles. The van der Waals surface area contributed by atoms with Gasteiger partial charge in [-0.2, -0.15) is 0 Å². The molecule has 0 radical (unpaired) electrons. The summed E-state index contributed by atoms with van der Waals surface area (Å²) in [4.78, 5) is 13.5. The van der Waals surface area contributed by atoms with E-state index in [1.54, 1.807) is 19.2 Å². The molecule has 1 aromatic carbocycles. The Bertz CT molecular complexity index is 370. The molecule has 0 spiro atoms. The van der Waals surface area contributed by atoms with Gasteiger partial charge < -0.3 is 9.47 Å². The first-order valence-electron chi connectivity index (χ1n) is 4.65. The van der Waals surface area contributed by atoms with E-state index >= 15 is 0 Å². The molecule has 80 valence electrons. The van der Waals surface area contributed by atoms with Gasteiger partial charge in [0.05, 0.1) is 20.3 Å². The van der Waals surface area contributed by atoms with Crippen LogP contribution in [-0.2, 0) is 11.3 Å². The standard InChI is InChI=1S/C11H13NO3/c1-3-15-11-6-10(14-2)5-4-9(11)7-12-8-13/h4-6H,3,7H2,1-2H3. The molecule has 0 aliphatic rings. The minimum absolute atomic E-state index is 0.281. The molecule has 0 saturated carbocycles. The Hall–Kier alpha value is -1.80. The van der Waals surface area contributed by atoms with E-state index in [9.17, 15) is 4.79 Å². The van der Waals surface area contributed by atoms with Crippen molar-refractivity contribution in [2.75, 3.05) is 13.7 Å². The molecule has 4 heteroatoms. The Balaban J connectivity index is 2.97. The topological polar surface area (TPSA) is 47.9 Å². The molecular formula is C11H13NO3. The Morgan fingerprint density at radius 1 is 1.47 bits per heavy atom. The van der Waals surface area contributed by atoms with E-state index in [0.717, 1.165) is 11.3 Å². The summed E-state index contributed by atoms with van der Waals surface area (Å²) in [5, 5.41) is 0. The van der Waals surface area contributed by atoms with E-state index in [4.69, 9.17) is 9.47 Å². The third-order valence-corrected chi connectivity index (χ3v) is 1.89. The van der Waals surface area contributed by atoms with E-state index in [0.29, 0.717) is 12.4 Å². The Kier molecular flexibility index (Phi) is 4.38. The number of rotatable bonds is 5. The highest BCUT2D eigenvalue weighted by molar-refractivity contribution is 5.42. The number of ether oxygens (including phenoxy) is 2. The minimum atomic E-state index is 0.281. The maximum Gasteiger partial charge on any atom is 0.235 e. The predicted octanol–water partition coefficient (Wildman–Crippen LogP) is 1.93. The fourth-order valence-corrected chi connectivity index (χ4v) is 1.20. The lowest BCUT2D eigenvalue weighted by Crippen LogP contribution is -1.97. The first-order chi connectivity index (χ1) is 7.31. The largest absolute Gasteiger partial charge is 0.497 e. The highest BCUT2D eigenvalue weighted by atomic mass is 16.5. The fourth-order valence-electron chi connectivity index (χ4n) is 1.20. The molecular weight excluding hydrogens is 194 g/mol. The number of hydrogen-bond acceptors (Lipinski definition) is 4. The van der Waals surface area contributed by atoms with Crippen LogP contribution in [0.3, 0.4) is 0 Å². The molecule has 0 fully saturated rings. The molecule has 0 heterocycles. The number of methoxy groups -OCH3 is 1. The van der Waals surface area contributed by atoms with Crippen LogP contribution in [0.4, 0.5) is 0 Å². The maximum atomic E-state index is 10.0. The lowest BCUT2D eigenvalue weighted by molar-refractivity contribution is 0.332. The van der Waals surface area contributed by atoms with Crippen LogP contribution in [0.15, 0.2) is 23.2 Å². The molecule has 1 aromatic rings. The van der Waals surface area contributed by atoms with Crippen molar-refractivity contribution in [3.63, 3.8) is 0 Å². The average Bonchev–Trinajstić information content (AvgIpc) is 2.27. The van der Waals surface area contributed by atoms with Gasteiger partial charge in [0.2, 0.25) is 6.08 Å². The average molecular weight is 207 g/mol. The molecule has 1 rings (SSSR count). The molecule has 4 nitrogen and oxygen atoms in total. The summed E-state index contributed by atoms with van der Waals surface area (Å²) in [5.41, 5.74) is 0.848. The van der Waals surface area contributed by atoms with Crippen LogP contribution in [0.25, 0.3) is 0 Å². The number of hydrogen-bond donors (Lipinski definition) is 0. The van der Waals surface area contributed by atoms with E-state index < -0.39 is 0 Å².